The third kappa shape index (κ3) is 3.29. The Hall–Kier alpha value is -2.09. The molecule has 7 nitrogen and oxygen atoms in total. The molecule has 0 radical (unpaired) electrons. The largest absolute Gasteiger partial charge is 0.349 e. The summed E-state index contributed by atoms with van der Waals surface area (Å²) in [7, 11) is 2.11. The van der Waals surface area contributed by atoms with E-state index < -0.39 is 0 Å². The Bertz CT molecular complexity index is 1060. The molecule has 2 aliphatic rings. The van der Waals surface area contributed by atoms with Crippen LogP contribution in [-0.4, -0.2) is 45.5 Å². The van der Waals surface area contributed by atoms with Gasteiger partial charge in [0.25, 0.3) is 0 Å². The Morgan fingerprint density at radius 1 is 1.07 bits per heavy atom. The highest BCUT2D eigenvalue weighted by atomic mass is 35.5. The molecule has 3 aromatic rings. The summed E-state index contributed by atoms with van der Waals surface area (Å²) in [6.45, 7) is 2.02. The van der Waals surface area contributed by atoms with Crippen molar-refractivity contribution in [2.45, 2.75) is 38.1 Å². The van der Waals surface area contributed by atoms with Gasteiger partial charge in [-0.2, -0.15) is 0 Å². The molecule has 158 valence electrons. The highest BCUT2D eigenvalue weighted by Gasteiger charge is 2.44. The number of piperidine rings is 1. The van der Waals surface area contributed by atoms with Gasteiger partial charge in [-0.15, -0.1) is 0 Å². The van der Waals surface area contributed by atoms with E-state index in [-0.39, 0.29) is 0 Å². The number of nitrogens with one attached hydrogen (secondary N) is 2. The van der Waals surface area contributed by atoms with Crippen molar-refractivity contribution in [2.75, 3.05) is 30.4 Å². The highest BCUT2D eigenvalue weighted by Crippen LogP contribution is 2.46. The minimum Gasteiger partial charge on any atom is -0.349 e. The summed E-state index contributed by atoms with van der Waals surface area (Å²) < 4.78 is 2.04. The van der Waals surface area contributed by atoms with Crippen LogP contribution in [0.15, 0.2) is 31.0 Å². The normalized spacial score (nSPS) is 20.9. The number of hydrogen-bond donors (Lipinski definition) is 2. The first-order valence-electron chi connectivity index (χ1n) is 10.4. The zero-order valence-electron chi connectivity index (χ0n) is 16.9. The average Bonchev–Trinajstić information content (AvgIpc) is 3.40. The molecule has 9 heteroatoms. The zero-order valence-corrected chi connectivity index (χ0v) is 18.4. The van der Waals surface area contributed by atoms with Crippen LogP contribution in [0.2, 0.25) is 10.0 Å². The van der Waals surface area contributed by atoms with Gasteiger partial charge in [-0.25, -0.2) is 9.97 Å². The molecular formula is C21H25Cl2N7. The molecule has 2 fully saturated rings. The lowest BCUT2D eigenvalue weighted by molar-refractivity contribution is 0.177. The van der Waals surface area contributed by atoms with E-state index in [9.17, 15) is 0 Å². The Balaban J connectivity index is 1.40. The number of nitrogens with zero attached hydrogens (tertiary/aromatic N) is 5. The van der Waals surface area contributed by atoms with Gasteiger partial charge in [0.1, 0.15) is 5.69 Å². The van der Waals surface area contributed by atoms with Crippen molar-refractivity contribution in [1.82, 2.24) is 24.7 Å². The fourth-order valence-corrected chi connectivity index (χ4v) is 5.52. The standard InChI is InChI=1S/C21H25Cl2N7/c1-24-17-3-2-4-21(17)5-8-29(9-6-21)20-27-13-16(19-26-7-10-30(19)20)28-15-12-25-11-14(22)18(15)23/h7,10-13,17,24,28H,2-6,8-9H2,1H3/t17-/m1/s1. The molecule has 1 aliphatic heterocycles. The van der Waals surface area contributed by atoms with Crippen molar-refractivity contribution in [3.05, 3.63) is 41.0 Å². The Kier molecular flexibility index (Phi) is 5.21. The second kappa shape index (κ2) is 7.87. The van der Waals surface area contributed by atoms with Gasteiger partial charge < -0.3 is 15.5 Å². The molecule has 1 aliphatic carbocycles. The smallest absolute Gasteiger partial charge is 0.211 e. The molecular weight excluding hydrogens is 421 g/mol. The van der Waals surface area contributed by atoms with Crippen molar-refractivity contribution in [3.8, 4) is 0 Å². The number of fused-ring (bicyclic) bond motifs is 1. The van der Waals surface area contributed by atoms with E-state index in [0.29, 0.717) is 27.2 Å². The number of pyridine rings is 1. The predicted molar refractivity (Wildman–Crippen MR) is 121 cm³/mol. The van der Waals surface area contributed by atoms with Crippen LogP contribution in [0.5, 0.6) is 0 Å². The SMILES string of the molecule is CN[C@@H]1CCCC12CCN(c1ncc(Nc3cncc(Cl)c3Cl)c3nccn13)CC2. The summed E-state index contributed by atoms with van der Waals surface area (Å²) in [5.41, 5.74) is 2.62. The first kappa shape index (κ1) is 19.8. The van der Waals surface area contributed by atoms with Gasteiger partial charge in [-0.1, -0.05) is 29.6 Å². The third-order valence-electron chi connectivity index (χ3n) is 6.81. The molecule has 0 unspecified atom stereocenters. The Morgan fingerprint density at radius 2 is 1.90 bits per heavy atom. The van der Waals surface area contributed by atoms with E-state index in [1.807, 2.05) is 16.8 Å². The van der Waals surface area contributed by atoms with Gasteiger partial charge in [0.05, 0.1) is 28.1 Å². The van der Waals surface area contributed by atoms with Gasteiger partial charge in [-0.05, 0) is 38.1 Å². The monoisotopic (exact) mass is 445 g/mol. The Morgan fingerprint density at radius 3 is 2.70 bits per heavy atom. The number of halogens is 2. The van der Waals surface area contributed by atoms with Gasteiger partial charge in [-0.3, -0.25) is 9.38 Å². The molecule has 4 heterocycles. The van der Waals surface area contributed by atoms with Crippen LogP contribution >= 0.6 is 23.2 Å². The summed E-state index contributed by atoms with van der Waals surface area (Å²) in [4.78, 5) is 15.8. The first-order chi connectivity index (χ1) is 14.6. The minimum absolute atomic E-state index is 0.402. The predicted octanol–water partition coefficient (Wildman–Crippen LogP) is 4.53. The van der Waals surface area contributed by atoms with Crippen molar-refractivity contribution in [2.24, 2.45) is 5.41 Å². The Labute approximate surface area is 185 Å². The lowest BCUT2D eigenvalue weighted by Gasteiger charge is -2.43. The molecule has 1 saturated heterocycles. The lowest BCUT2D eigenvalue weighted by atomic mass is 9.74. The van der Waals surface area contributed by atoms with Crippen LogP contribution in [0.1, 0.15) is 32.1 Å². The van der Waals surface area contributed by atoms with Gasteiger partial charge in [0.15, 0.2) is 5.65 Å². The second-order valence-electron chi connectivity index (χ2n) is 8.28. The van der Waals surface area contributed by atoms with E-state index in [2.05, 4.69) is 32.5 Å². The molecule has 1 spiro atoms. The molecule has 2 N–H and O–H groups in total. The number of hydrogen-bond acceptors (Lipinski definition) is 6. The quantitative estimate of drug-likeness (QED) is 0.614. The van der Waals surface area contributed by atoms with Crippen LogP contribution in [0.4, 0.5) is 17.3 Å². The van der Waals surface area contributed by atoms with Crippen molar-refractivity contribution < 1.29 is 0 Å². The number of anilines is 3. The summed E-state index contributed by atoms with van der Waals surface area (Å²) in [5.74, 6) is 0.928. The van der Waals surface area contributed by atoms with Gasteiger partial charge >= 0.3 is 0 Å². The maximum absolute atomic E-state index is 6.31. The van der Waals surface area contributed by atoms with E-state index in [4.69, 9.17) is 28.2 Å². The van der Waals surface area contributed by atoms with E-state index in [1.165, 1.54) is 38.3 Å². The fraction of sp³-hybridized carbons (Fsp3) is 0.476. The van der Waals surface area contributed by atoms with Crippen LogP contribution in [0.25, 0.3) is 5.65 Å². The van der Waals surface area contributed by atoms with E-state index >= 15 is 0 Å². The van der Waals surface area contributed by atoms with Crippen LogP contribution in [0, 0.1) is 5.41 Å². The molecule has 5 rings (SSSR count). The van der Waals surface area contributed by atoms with Gasteiger partial charge in [0.2, 0.25) is 5.95 Å². The van der Waals surface area contributed by atoms with Crippen molar-refractivity contribution in [3.63, 3.8) is 0 Å². The molecule has 1 saturated carbocycles. The van der Waals surface area contributed by atoms with E-state index in [1.54, 1.807) is 12.4 Å². The third-order valence-corrected chi connectivity index (χ3v) is 7.60. The number of rotatable bonds is 4. The summed E-state index contributed by atoms with van der Waals surface area (Å²) in [6, 6.07) is 0.642. The average molecular weight is 446 g/mol. The summed E-state index contributed by atoms with van der Waals surface area (Å²) in [5, 5.41) is 7.67. The summed E-state index contributed by atoms with van der Waals surface area (Å²) >= 11 is 12.4. The minimum atomic E-state index is 0.402. The van der Waals surface area contributed by atoms with Crippen LogP contribution in [-0.2, 0) is 0 Å². The van der Waals surface area contributed by atoms with Crippen LogP contribution in [0.3, 0.4) is 0 Å². The van der Waals surface area contributed by atoms with Crippen molar-refractivity contribution in [1.29, 1.82) is 0 Å². The van der Waals surface area contributed by atoms with Gasteiger partial charge in [0, 0.05) is 37.7 Å². The number of aromatic nitrogens is 4. The molecule has 0 bridgehead atoms. The molecule has 0 amide bonds. The molecule has 30 heavy (non-hydrogen) atoms. The molecule has 3 aromatic heterocycles. The highest BCUT2D eigenvalue weighted by molar-refractivity contribution is 6.43. The molecule has 1 atom stereocenters. The second-order valence-corrected chi connectivity index (χ2v) is 9.07. The lowest BCUT2D eigenvalue weighted by Crippen LogP contribution is -2.48. The summed E-state index contributed by atoms with van der Waals surface area (Å²) in [6.07, 6.45) is 15.1. The topological polar surface area (TPSA) is 70.4 Å². The van der Waals surface area contributed by atoms with Crippen molar-refractivity contribution >= 4 is 46.2 Å². The maximum Gasteiger partial charge on any atom is 0.211 e. The first-order valence-corrected chi connectivity index (χ1v) is 11.2. The number of imidazole rings is 1. The zero-order chi connectivity index (χ0) is 20.7. The van der Waals surface area contributed by atoms with Crippen LogP contribution < -0.4 is 15.5 Å². The van der Waals surface area contributed by atoms with E-state index in [0.717, 1.165) is 30.4 Å². The maximum atomic E-state index is 6.31. The molecule has 0 aromatic carbocycles. The fourth-order valence-electron chi connectivity index (χ4n) is 5.22.